The fraction of sp³-hybridized carbons (Fsp3) is 0.125. The van der Waals surface area contributed by atoms with Crippen LogP contribution in [-0.2, 0) is 4.79 Å². The van der Waals surface area contributed by atoms with Crippen LogP contribution in [0.2, 0.25) is 0 Å². The van der Waals surface area contributed by atoms with E-state index in [1.807, 2.05) is 0 Å². The summed E-state index contributed by atoms with van der Waals surface area (Å²) >= 11 is 5.88. The van der Waals surface area contributed by atoms with Gasteiger partial charge in [-0.1, -0.05) is 12.2 Å². The summed E-state index contributed by atoms with van der Waals surface area (Å²) in [6, 6.07) is 0. The van der Waals surface area contributed by atoms with Crippen LogP contribution in [0.15, 0.2) is 33.8 Å². The predicted molar refractivity (Wildman–Crippen MR) is 47.8 cm³/mol. The third-order valence-corrected chi connectivity index (χ3v) is 2.03. The SMILES string of the molecule is O=C1N=CN=C2C1=CC=CC2Cl. The highest BCUT2D eigenvalue weighted by Crippen LogP contribution is 2.18. The first-order valence-corrected chi connectivity index (χ1v) is 3.90. The molecule has 0 aromatic rings. The van der Waals surface area contributed by atoms with E-state index in [1.165, 1.54) is 6.34 Å². The van der Waals surface area contributed by atoms with Gasteiger partial charge in [0, 0.05) is 0 Å². The van der Waals surface area contributed by atoms with Crippen LogP contribution >= 0.6 is 11.6 Å². The molecule has 3 nitrogen and oxygen atoms in total. The molecule has 0 aromatic carbocycles. The molecule has 0 spiro atoms. The normalized spacial score (nSPS) is 26.4. The summed E-state index contributed by atoms with van der Waals surface area (Å²) in [6.45, 7) is 0. The average Bonchev–Trinajstić information content (AvgIpc) is 2.07. The van der Waals surface area contributed by atoms with Crippen molar-refractivity contribution in [1.82, 2.24) is 0 Å². The Balaban J connectivity index is 2.50. The van der Waals surface area contributed by atoms with Crippen molar-refractivity contribution in [2.45, 2.75) is 5.38 Å². The summed E-state index contributed by atoms with van der Waals surface area (Å²) < 4.78 is 0. The van der Waals surface area contributed by atoms with Crippen LogP contribution in [0.5, 0.6) is 0 Å². The Labute approximate surface area is 74.2 Å². The number of alkyl halides is 1. The molecule has 2 aliphatic rings. The monoisotopic (exact) mass is 180 g/mol. The van der Waals surface area contributed by atoms with Gasteiger partial charge in [-0.05, 0) is 6.08 Å². The lowest BCUT2D eigenvalue weighted by molar-refractivity contribution is -0.113. The van der Waals surface area contributed by atoms with Crippen LogP contribution in [0.3, 0.4) is 0 Å². The highest BCUT2D eigenvalue weighted by Gasteiger charge is 2.24. The highest BCUT2D eigenvalue weighted by atomic mass is 35.5. The molecule has 1 aliphatic carbocycles. The molecule has 1 heterocycles. The molecule has 1 atom stereocenters. The predicted octanol–water partition coefficient (Wildman–Crippen LogP) is 1.10. The molecule has 12 heavy (non-hydrogen) atoms. The minimum Gasteiger partial charge on any atom is -0.267 e. The number of amides is 1. The molecular formula is C8H5ClN2O. The van der Waals surface area contributed by atoms with E-state index in [2.05, 4.69) is 9.98 Å². The maximum atomic E-state index is 11.1. The lowest BCUT2D eigenvalue weighted by atomic mass is 10.0. The van der Waals surface area contributed by atoms with Gasteiger partial charge in [0.25, 0.3) is 5.91 Å². The molecule has 0 bridgehead atoms. The second kappa shape index (κ2) is 2.68. The average molecular weight is 181 g/mol. The minimum absolute atomic E-state index is 0.269. The molecule has 0 aromatic heterocycles. The van der Waals surface area contributed by atoms with Crippen molar-refractivity contribution in [2.75, 3.05) is 0 Å². The Morgan fingerprint density at radius 3 is 3.08 bits per heavy atom. The molecule has 60 valence electrons. The van der Waals surface area contributed by atoms with Crippen molar-refractivity contribution in [2.24, 2.45) is 9.98 Å². The number of fused-ring (bicyclic) bond motifs is 1. The summed E-state index contributed by atoms with van der Waals surface area (Å²) in [4.78, 5) is 18.6. The van der Waals surface area contributed by atoms with E-state index in [9.17, 15) is 4.79 Å². The van der Waals surface area contributed by atoms with Crippen molar-refractivity contribution in [3.8, 4) is 0 Å². The molecule has 0 radical (unpaired) electrons. The van der Waals surface area contributed by atoms with Gasteiger partial charge in [0.1, 0.15) is 6.34 Å². The van der Waals surface area contributed by atoms with Gasteiger partial charge in [0.15, 0.2) is 0 Å². The van der Waals surface area contributed by atoms with Crippen LogP contribution in [0.4, 0.5) is 0 Å². The number of nitrogens with zero attached hydrogens (tertiary/aromatic N) is 2. The van der Waals surface area contributed by atoms with E-state index in [-0.39, 0.29) is 11.3 Å². The lowest BCUT2D eigenvalue weighted by Gasteiger charge is -2.15. The molecule has 1 amide bonds. The van der Waals surface area contributed by atoms with Crippen molar-refractivity contribution in [1.29, 1.82) is 0 Å². The summed E-state index contributed by atoms with van der Waals surface area (Å²) in [5.41, 5.74) is 1.10. The van der Waals surface area contributed by atoms with E-state index in [4.69, 9.17) is 11.6 Å². The molecule has 0 saturated heterocycles. The number of halogens is 1. The summed E-state index contributed by atoms with van der Waals surface area (Å²) in [5, 5.41) is -0.305. The Bertz CT molecular complexity index is 352. The number of hydrogen-bond acceptors (Lipinski definition) is 2. The van der Waals surface area contributed by atoms with E-state index in [0.29, 0.717) is 11.3 Å². The van der Waals surface area contributed by atoms with Crippen LogP contribution < -0.4 is 0 Å². The first kappa shape index (κ1) is 7.43. The van der Waals surface area contributed by atoms with E-state index >= 15 is 0 Å². The minimum atomic E-state index is -0.305. The maximum Gasteiger partial charge on any atom is 0.280 e. The van der Waals surface area contributed by atoms with Gasteiger partial charge in [0.05, 0.1) is 16.7 Å². The first-order chi connectivity index (χ1) is 5.79. The summed E-state index contributed by atoms with van der Waals surface area (Å²) in [5.74, 6) is -0.269. The Morgan fingerprint density at radius 2 is 2.33 bits per heavy atom. The summed E-state index contributed by atoms with van der Waals surface area (Å²) in [6.07, 6.45) is 6.43. The largest absolute Gasteiger partial charge is 0.280 e. The van der Waals surface area contributed by atoms with Gasteiger partial charge in [-0.2, -0.15) is 4.99 Å². The number of carbonyl (C=O) groups excluding carboxylic acids is 1. The molecule has 2 rings (SSSR count). The van der Waals surface area contributed by atoms with Gasteiger partial charge < -0.3 is 0 Å². The number of carbonyl (C=O) groups is 1. The number of rotatable bonds is 0. The lowest BCUT2D eigenvalue weighted by Crippen LogP contribution is -2.24. The smallest absolute Gasteiger partial charge is 0.267 e. The standard InChI is InChI=1S/C8H5ClN2O/c9-6-3-1-2-5-7(6)10-4-11-8(5)12/h1-4,6H. The zero-order chi connectivity index (χ0) is 8.55. The van der Waals surface area contributed by atoms with Gasteiger partial charge >= 0.3 is 0 Å². The van der Waals surface area contributed by atoms with Gasteiger partial charge in [-0.25, -0.2) is 4.99 Å². The van der Waals surface area contributed by atoms with Crippen LogP contribution in [0.25, 0.3) is 0 Å². The number of hydrogen-bond donors (Lipinski definition) is 0. The Morgan fingerprint density at radius 1 is 1.50 bits per heavy atom. The fourth-order valence-electron chi connectivity index (χ4n) is 1.11. The topological polar surface area (TPSA) is 41.8 Å². The van der Waals surface area contributed by atoms with Crippen LogP contribution in [0, 0.1) is 0 Å². The third kappa shape index (κ3) is 1.02. The zero-order valence-corrected chi connectivity index (χ0v) is 6.82. The molecule has 0 saturated carbocycles. The number of allylic oxidation sites excluding steroid dienone is 3. The Hall–Kier alpha value is -1.22. The molecule has 1 aliphatic heterocycles. The van der Waals surface area contributed by atoms with Crippen LogP contribution in [0.1, 0.15) is 0 Å². The second-order valence-corrected chi connectivity index (χ2v) is 2.90. The molecular weight excluding hydrogens is 176 g/mol. The molecule has 0 N–H and O–H groups in total. The van der Waals surface area contributed by atoms with Gasteiger partial charge in [-0.15, -0.1) is 11.6 Å². The van der Waals surface area contributed by atoms with Crippen molar-refractivity contribution in [3.63, 3.8) is 0 Å². The first-order valence-electron chi connectivity index (χ1n) is 3.46. The Kier molecular flexibility index (Phi) is 1.66. The zero-order valence-electron chi connectivity index (χ0n) is 6.07. The van der Waals surface area contributed by atoms with Gasteiger partial charge in [0.2, 0.25) is 0 Å². The quantitative estimate of drug-likeness (QED) is 0.515. The highest BCUT2D eigenvalue weighted by molar-refractivity contribution is 6.43. The second-order valence-electron chi connectivity index (χ2n) is 2.43. The fourth-order valence-corrected chi connectivity index (χ4v) is 1.37. The van der Waals surface area contributed by atoms with Crippen molar-refractivity contribution >= 4 is 29.6 Å². The van der Waals surface area contributed by atoms with Crippen molar-refractivity contribution < 1.29 is 4.79 Å². The van der Waals surface area contributed by atoms with Crippen LogP contribution in [-0.4, -0.2) is 23.3 Å². The molecule has 4 heteroatoms. The number of aliphatic imine (C=N–C) groups is 2. The maximum absolute atomic E-state index is 11.1. The van der Waals surface area contributed by atoms with Gasteiger partial charge in [-0.3, -0.25) is 4.79 Å². The summed E-state index contributed by atoms with van der Waals surface area (Å²) in [7, 11) is 0. The van der Waals surface area contributed by atoms with E-state index in [0.717, 1.165) is 0 Å². The van der Waals surface area contributed by atoms with Crippen molar-refractivity contribution in [3.05, 3.63) is 23.8 Å². The third-order valence-electron chi connectivity index (χ3n) is 1.68. The molecule has 0 fully saturated rings. The van der Waals surface area contributed by atoms with E-state index in [1.54, 1.807) is 18.2 Å². The van der Waals surface area contributed by atoms with E-state index < -0.39 is 0 Å². The molecule has 1 unspecified atom stereocenters.